The second kappa shape index (κ2) is 7.69. The van der Waals surface area contributed by atoms with Crippen LogP contribution >= 0.6 is 0 Å². The molecule has 0 spiro atoms. The molecule has 0 bridgehead atoms. The number of aromatic nitrogens is 2. The molecule has 1 amide bonds. The summed E-state index contributed by atoms with van der Waals surface area (Å²) in [4.78, 5) is 12.3. The van der Waals surface area contributed by atoms with E-state index in [2.05, 4.69) is 10.4 Å². The van der Waals surface area contributed by atoms with Gasteiger partial charge in [0.15, 0.2) is 17.2 Å². The van der Waals surface area contributed by atoms with Crippen LogP contribution in [0.2, 0.25) is 0 Å². The van der Waals surface area contributed by atoms with E-state index in [1.165, 1.54) is 12.1 Å². The van der Waals surface area contributed by atoms with E-state index in [1.54, 1.807) is 18.2 Å². The Morgan fingerprint density at radius 1 is 1.07 bits per heavy atom. The number of alkyl halides is 3. The number of carbonyl (C=O) groups excluding carboxylic acids is 1. The summed E-state index contributed by atoms with van der Waals surface area (Å²) >= 11 is 0. The van der Waals surface area contributed by atoms with E-state index in [9.17, 15) is 22.4 Å². The highest BCUT2D eigenvalue weighted by Crippen LogP contribution is 2.32. The molecular weight excluding hydrogens is 406 g/mol. The third-order valence-electron chi connectivity index (χ3n) is 4.41. The monoisotopic (exact) mass is 421 g/mol. The van der Waals surface area contributed by atoms with E-state index in [0.29, 0.717) is 17.1 Å². The molecular formula is C20H15F4N3O3. The second-order valence-electron chi connectivity index (χ2n) is 6.55. The number of nitrogens with zero attached hydrogens (tertiary/aromatic N) is 2. The Morgan fingerprint density at radius 2 is 1.80 bits per heavy atom. The summed E-state index contributed by atoms with van der Waals surface area (Å²) in [5.74, 6) is 0.196. The normalized spacial score (nSPS) is 12.8. The van der Waals surface area contributed by atoms with Crippen LogP contribution in [-0.2, 0) is 23.9 Å². The lowest BCUT2D eigenvalue weighted by molar-refractivity contribution is -0.141. The van der Waals surface area contributed by atoms with Gasteiger partial charge in [-0.15, -0.1) is 0 Å². The number of amides is 1. The molecule has 1 N–H and O–H groups in total. The van der Waals surface area contributed by atoms with Gasteiger partial charge in [-0.1, -0.05) is 6.07 Å². The molecule has 0 saturated heterocycles. The first-order chi connectivity index (χ1) is 14.3. The third-order valence-corrected chi connectivity index (χ3v) is 4.41. The number of halogens is 4. The molecule has 4 rings (SSSR count). The van der Waals surface area contributed by atoms with Crippen molar-refractivity contribution in [2.45, 2.75) is 19.1 Å². The molecule has 156 valence electrons. The first-order valence-corrected chi connectivity index (χ1v) is 8.87. The van der Waals surface area contributed by atoms with Gasteiger partial charge in [-0.2, -0.15) is 18.3 Å². The smallest absolute Gasteiger partial charge is 0.435 e. The lowest BCUT2D eigenvalue weighted by Gasteiger charge is -2.09. The van der Waals surface area contributed by atoms with Crippen LogP contribution in [0.5, 0.6) is 11.5 Å². The van der Waals surface area contributed by atoms with Crippen LogP contribution < -0.4 is 14.8 Å². The van der Waals surface area contributed by atoms with Crippen LogP contribution in [0.25, 0.3) is 5.69 Å². The first kappa shape index (κ1) is 19.7. The maximum Gasteiger partial charge on any atom is 0.435 e. The Labute approximate surface area is 168 Å². The van der Waals surface area contributed by atoms with Gasteiger partial charge in [0.25, 0.3) is 0 Å². The molecule has 0 saturated carbocycles. The van der Waals surface area contributed by atoms with Crippen LogP contribution in [0.4, 0.5) is 17.6 Å². The number of hydrogen-bond acceptors (Lipinski definition) is 4. The average molecular weight is 421 g/mol. The summed E-state index contributed by atoms with van der Waals surface area (Å²) in [5, 5.41) is 6.16. The SMILES string of the molecule is O=C(Cc1ccc2c(c1)OCO2)NCc1cc(C(F)(F)F)nn1-c1ccc(F)cc1. The van der Waals surface area contributed by atoms with E-state index in [-0.39, 0.29) is 31.1 Å². The highest BCUT2D eigenvalue weighted by atomic mass is 19.4. The highest BCUT2D eigenvalue weighted by molar-refractivity contribution is 5.78. The van der Waals surface area contributed by atoms with Gasteiger partial charge in [-0.05, 0) is 48.0 Å². The van der Waals surface area contributed by atoms with Crippen molar-refractivity contribution < 1.29 is 31.8 Å². The number of carbonyl (C=O) groups is 1. The van der Waals surface area contributed by atoms with Crippen LogP contribution in [0.3, 0.4) is 0 Å². The van der Waals surface area contributed by atoms with Crippen molar-refractivity contribution in [3.8, 4) is 17.2 Å². The zero-order valence-corrected chi connectivity index (χ0v) is 15.4. The number of benzene rings is 2. The van der Waals surface area contributed by atoms with Crippen LogP contribution in [0.1, 0.15) is 17.0 Å². The van der Waals surface area contributed by atoms with E-state index in [1.807, 2.05) is 0 Å². The molecule has 10 heteroatoms. The fourth-order valence-corrected chi connectivity index (χ4v) is 2.98. The van der Waals surface area contributed by atoms with Crippen molar-refractivity contribution in [1.82, 2.24) is 15.1 Å². The van der Waals surface area contributed by atoms with Crippen LogP contribution in [-0.4, -0.2) is 22.5 Å². The molecule has 2 aromatic carbocycles. The largest absolute Gasteiger partial charge is 0.454 e. The predicted octanol–water partition coefficient (Wildman–Crippen LogP) is 3.62. The van der Waals surface area contributed by atoms with Gasteiger partial charge in [-0.25, -0.2) is 9.07 Å². The summed E-state index contributed by atoms with van der Waals surface area (Å²) in [6.45, 7) is -0.0796. The molecule has 1 aromatic heterocycles. The molecule has 1 aliphatic rings. The number of ether oxygens (including phenoxy) is 2. The van der Waals surface area contributed by atoms with Crippen molar-refractivity contribution in [2.24, 2.45) is 0 Å². The Bertz CT molecular complexity index is 1080. The Morgan fingerprint density at radius 3 is 2.53 bits per heavy atom. The summed E-state index contributed by atoms with van der Waals surface area (Å²) in [5.41, 5.74) is -0.0912. The maximum atomic E-state index is 13.2. The van der Waals surface area contributed by atoms with Gasteiger partial charge in [0.1, 0.15) is 5.82 Å². The molecule has 3 aromatic rings. The number of nitrogens with one attached hydrogen (secondary N) is 1. The van der Waals surface area contributed by atoms with Gasteiger partial charge in [0.05, 0.1) is 24.3 Å². The predicted molar refractivity (Wildman–Crippen MR) is 96.6 cm³/mol. The van der Waals surface area contributed by atoms with E-state index in [4.69, 9.17) is 9.47 Å². The molecule has 6 nitrogen and oxygen atoms in total. The molecule has 0 unspecified atom stereocenters. The van der Waals surface area contributed by atoms with Crippen LogP contribution in [0.15, 0.2) is 48.5 Å². The fraction of sp³-hybridized carbons (Fsp3) is 0.200. The van der Waals surface area contributed by atoms with Crippen molar-refractivity contribution in [3.05, 3.63) is 71.3 Å². The quantitative estimate of drug-likeness (QED) is 0.640. The zero-order valence-electron chi connectivity index (χ0n) is 15.4. The third kappa shape index (κ3) is 4.22. The average Bonchev–Trinajstić information content (AvgIpc) is 3.33. The van der Waals surface area contributed by atoms with Gasteiger partial charge in [-0.3, -0.25) is 4.79 Å². The molecule has 0 atom stereocenters. The molecule has 1 aliphatic heterocycles. The van der Waals surface area contributed by atoms with Crippen molar-refractivity contribution in [3.63, 3.8) is 0 Å². The van der Waals surface area contributed by atoms with E-state index in [0.717, 1.165) is 22.9 Å². The number of rotatable bonds is 5. The lowest BCUT2D eigenvalue weighted by atomic mass is 10.1. The minimum absolute atomic E-state index is 0.00739. The molecule has 0 fully saturated rings. The number of fused-ring (bicyclic) bond motifs is 1. The first-order valence-electron chi connectivity index (χ1n) is 8.87. The second-order valence-corrected chi connectivity index (χ2v) is 6.55. The standard InChI is InChI=1S/C20H15F4N3O3/c21-13-2-4-14(5-3-13)27-15(9-18(26-27)20(22,23)24)10-25-19(28)8-12-1-6-16-17(7-12)30-11-29-16/h1-7,9H,8,10-11H2,(H,25,28). The van der Waals surface area contributed by atoms with Crippen LogP contribution in [0, 0.1) is 5.82 Å². The van der Waals surface area contributed by atoms with E-state index < -0.39 is 23.6 Å². The summed E-state index contributed by atoms with van der Waals surface area (Å²) in [6, 6.07) is 10.8. The topological polar surface area (TPSA) is 65.4 Å². The molecule has 0 aliphatic carbocycles. The fourth-order valence-electron chi connectivity index (χ4n) is 2.98. The summed E-state index contributed by atoms with van der Waals surface area (Å²) in [6.07, 6.45) is -4.65. The van der Waals surface area contributed by atoms with Crippen molar-refractivity contribution >= 4 is 5.91 Å². The summed E-state index contributed by atoms with van der Waals surface area (Å²) in [7, 11) is 0. The van der Waals surface area contributed by atoms with Gasteiger partial charge < -0.3 is 14.8 Å². The highest BCUT2D eigenvalue weighted by Gasteiger charge is 2.35. The number of hydrogen-bond donors (Lipinski definition) is 1. The van der Waals surface area contributed by atoms with Crippen molar-refractivity contribution in [2.75, 3.05) is 6.79 Å². The Balaban J connectivity index is 1.50. The minimum atomic E-state index is -4.66. The molecule has 2 heterocycles. The van der Waals surface area contributed by atoms with Gasteiger partial charge in [0.2, 0.25) is 12.7 Å². The maximum absolute atomic E-state index is 13.2. The van der Waals surface area contributed by atoms with Gasteiger partial charge in [0, 0.05) is 0 Å². The molecule has 30 heavy (non-hydrogen) atoms. The van der Waals surface area contributed by atoms with Crippen molar-refractivity contribution in [1.29, 1.82) is 0 Å². The molecule has 0 radical (unpaired) electrons. The van der Waals surface area contributed by atoms with Gasteiger partial charge >= 0.3 is 6.18 Å². The lowest BCUT2D eigenvalue weighted by Crippen LogP contribution is -2.25. The zero-order chi connectivity index (χ0) is 21.3. The summed E-state index contributed by atoms with van der Waals surface area (Å²) < 4.78 is 64.0. The Hall–Kier alpha value is -3.56. The van der Waals surface area contributed by atoms with E-state index >= 15 is 0 Å². The Kier molecular flexibility index (Phi) is 5.06. The minimum Gasteiger partial charge on any atom is -0.454 e.